The van der Waals surface area contributed by atoms with E-state index in [-0.39, 0.29) is 12.0 Å². The zero-order valence-electron chi connectivity index (χ0n) is 10.9. The van der Waals surface area contributed by atoms with E-state index < -0.39 is 0 Å². The van der Waals surface area contributed by atoms with Crippen molar-refractivity contribution in [3.05, 3.63) is 0 Å². The summed E-state index contributed by atoms with van der Waals surface area (Å²) in [6, 6.07) is 0. The molecule has 0 spiro atoms. The largest absolute Gasteiger partial charge is 0.396 e. The molecule has 100 valence electrons. The molecule has 0 aromatic carbocycles. The molecule has 4 nitrogen and oxygen atoms in total. The predicted octanol–water partition coefficient (Wildman–Crippen LogP) is 0.886. The SMILES string of the molecule is CN(CC1CCCCO1)CC1(CO)CCOC1. The molecule has 0 radical (unpaired) electrons. The maximum Gasteiger partial charge on any atom is 0.0701 e. The second-order valence-corrected chi connectivity index (χ2v) is 5.65. The van der Waals surface area contributed by atoms with Crippen LogP contribution in [0, 0.1) is 5.41 Å². The van der Waals surface area contributed by atoms with E-state index in [2.05, 4.69) is 11.9 Å². The van der Waals surface area contributed by atoms with Gasteiger partial charge in [-0.2, -0.15) is 0 Å². The predicted molar refractivity (Wildman–Crippen MR) is 66.0 cm³/mol. The number of hydrogen-bond acceptors (Lipinski definition) is 4. The van der Waals surface area contributed by atoms with Gasteiger partial charge in [0, 0.05) is 31.7 Å². The molecule has 2 unspecified atom stereocenters. The molecular formula is C13H25NO3. The van der Waals surface area contributed by atoms with E-state index in [0.29, 0.717) is 12.7 Å². The van der Waals surface area contributed by atoms with Crippen molar-refractivity contribution in [3.63, 3.8) is 0 Å². The van der Waals surface area contributed by atoms with Crippen molar-refractivity contribution < 1.29 is 14.6 Å². The Kier molecular flexibility index (Phi) is 4.79. The van der Waals surface area contributed by atoms with E-state index in [4.69, 9.17) is 9.47 Å². The highest BCUT2D eigenvalue weighted by Crippen LogP contribution is 2.29. The molecule has 17 heavy (non-hydrogen) atoms. The Morgan fingerprint density at radius 1 is 1.35 bits per heavy atom. The second-order valence-electron chi connectivity index (χ2n) is 5.65. The van der Waals surface area contributed by atoms with Crippen molar-refractivity contribution in [1.82, 2.24) is 4.90 Å². The van der Waals surface area contributed by atoms with Crippen molar-refractivity contribution in [3.8, 4) is 0 Å². The monoisotopic (exact) mass is 243 g/mol. The van der Waals surface area contributed by atoms with E-state index in [0.717, 1.165) is 32.7 Å². The van der Waals surface area contributed by atoms with Gasteiger partial charge in [-0.3, -0.25) is 0 Å². The summed E-state index contributed by atoms with van der Waals surface area (Å²) in [6.45, 7) is 4.49. The average Bonchev–Trinajstić information content (AvgIpc) is 2.79. The molecule has 2 atom stereocenters. The average molecular weight is 243 g/mol. The lowest BCUT2D eigenvalue weighted by Gasteiger charge is -2.33. The Morgan fingerprint density at radius 3 is 2.82 bits per heavy atom. The Balaban J connectivity index is 1.77. The molecular weight excluding hydrogens is 218 g/mol. The van der Waals surface area contributed by atoms with Gasteiger partial charge in [-0.15, -0.1) is 0 Å². The quantitative estimate of drug-likeness (QED) is 0.778. The molecule has 4 heteroatoms. The van der Waals surface area contributed by atoms with Gasteiger partial charge in [0.25, 0.3) is 0 Å². The van der Waals surface area contributed by atoms with Gasteiger partial charge in [0.2, 0.25) is 0 Å². The van der Waals surface area contributed by atoms with Crippen LogP contribution in [-0.2, 0) is 9.47 Å². The topological polar surface area (TPSA) is 41.9 Å². The van der Waals surface area contributed by atoms with Crippen LogP contribution in [0.4, 0.5) is 0 Å². The number of rotatable bonds is 5. The van der Waals surface area contributed by atoms with Crippen LogP contribution in [0.5, 0.6) is 0 Å². The lowest BCUT2D eigenvalue weighted by molar-refractivity contribution is -0.0136. The van der Waals surface area contributed by atoms with Crippen molar-refractivity contribution in [2.24, 2.45) is 5.41 Å². The Morgan fingerprint density at radius 2 is 2.24 bits per heavy atom. The van der Waals surface area contributed by atoms with Gasteiger partial charge in [-0.1, -0.05) is 0 Å². The second kappa shape index (κ2) is 6.14. The van der Waals surface area contributed by atoms with E-state index in [1.165, 1.54) is 19.3 Å². The zero-order chi connectivity index (χ0) is 12.1. The first-order valence-electron chi connectivity index (χ1n) is 6.73. The first-order valence-corrected chi connectivity index (χ1v) is 6.73. The van der Waals surface area contributed by atoms with Gasteiger partial charge in [-0.05, 0) is 32.7 Å². The summed E-state index contributed by atoms with van der Waals surface area (Å²) >= 11 is 0. The molecule has 2 saturated heterocycles. The molecule has 2 aliphatic heterocycles. The number of likely N-dealkylation sites (N-methyl/N-ethyl adjacent to an activating group) is 1. The molecule has 0 aromatic rings. The Labute approximate surface area is 104 Å². The number of ether oxygens (including phenoxy) is 2. The van der Waals surface area contributed by atoms with Gasteiger partial charge in [0.1, 0.15) is 0 Å². The lowest BCUT2D eigenvalue weighted by Crippen LogP contribution is -2.42. The first kappa shape index (κ1) is 13.3. The molecule has 0 amide bonds. The maximum atomic E-state index is 9.53. The number of aliphatic hydroxyl groups is 1. The first-order chi connectivity index (χ1) is 8.24. The molecule has 2 aliphatic rings. The number of nitrogens with zero attached hydrogens (tertiary/aromatic N) is 1. The summed E-state index contributed by atoms with van der Waals surface area (Å²) in [5, 5.41) is 9.53. The van der Waals surface area contributed by atoms with E-state index in [9.17, 15) is 5.11 Å². The standard InChI is InChI=1S/C13H25NO3/c1-14(8-12-4-2-3-6-17-12)9-13(10-15)5-7-16-11-13/h12,15H,2-11H2,1H3. The van der Waals surface area contributed by atoms with Gasteiger partial charge in [0.05, 0.1) is 19.3 Å². The van der Waals surface area contributed by atoms with Gasteiger partial charge >= 0.3 is 0 Å². The number of aliphatic hydroxyl groups excluding tert-OH is 1. The summed E-state index contributed by atoms with van der Waals surface area (Å²) in [6.07, 6.45) is 5.01. The summed E-state index contributed by atoms with van der Waals surface area (Å²) in [7, 11) is 2.12. The van der Waals surface area contributed by atoms with Crippen molar-refractivity contribution in [1.29, 1.82) is 0 Å². The van der Waals surface area contributed by atoms with Gasteiger partial charge in [0.15, 0.2) is 0 Å². The molecule has 0 aliphatic carbocycles. The molecule has 1 N–H and O–H groups in total. The normalized spacial score (nSPS) is 34.4. The highest BCUT2D eigenvalue weighted by molar-refractivity contribution is 4.86. The van der Waals surface area contributed by atoms with Crippen molar-refractivity contribution in [2.75, 3.05) is 46.6 Å². The van der Waals surface area contributed by atoms with Crippen LogP contribution in [0.3, 0.4) is 0 Å². The van der Waals surface area contributed by atoms with E-state index >= 15 is 0 Å². The lowest BCUT2D eigenvalue weighted by atomic mass is 9.87. The fourth-order valence-electron chi connectivity index (χ4n) is 2.89. The Bertz CT molecular complexity index is 223. The minimum absolute atomic E-state index is 0.0383. The van der Waals surface area contributed by atoms with E-state index in [1.807, 2.05) is 0 Å². The summed E-state index contributed by atoms with van der Waals surface area (Å²) < 4.78 is 11.2. The fraction of sp³-hybridized carbons (Fsp3) is 1.00. The summed E-state index contributed by atoms with van der Waals surface area (Å²) in [5.74, 6) is 0. The van der Waals surface area contributed by atoms with Crippen molar-refractivity contribution in [2.45, 2.75) is 31.8 Å². The third kappa shape index (κ3) is 3.65. The van der Waals surface area contributed by atoms with Crippen LogP contribution in [0.15, 0.2) is 0 Å². The van der Waals surface area contributed by atoms with Crippen LogP contribution in [0.1, 0.15) is 25.7 Å². The zero-order valence-corrected chi connectivity index (χ0v) is 10.9. The van der Waals surface area contributed by atoms with E-state index in [1.54, 1.807) is 0 Å². The number of hydrogen-bond donors (Lipinski definition) is 1. The highest BCUT2D eigenvalue weighted by atomic mass is 16.5. The Hall–Kier alpha value is -0.160. The van der Waals surface area contributed by atoms with Crippen molar-refractivity contribution >= 4 is 0 Å². The molecule has 2 heterocycles. The third-order valence-corrected chi connectivity index (χ3v) is 3.92. The minimum atomic E-state index is -0.0383. The van der Waals surface area contributed by atoms with Crippen LogP contribution in [0.2, 0.25) is 0 Å². The molecule has 2 rings (SSSR count). The third-order valence-electron chi connectivity index (χ3n) is 3.92. The smallest absolute Gasteiger partial charge is 0.0701 e. The van der Waals surface area contributed by atoms with Crippen LogP contribution >= 0.6 is 0 Å². The fourth-order valence-corrected chi connectivity index (χ4v) is 2.89. The summed E-state index contributed by atoms with van der Waals surface area (Å²) in [4.78, 5) is 2.29. The molecule has 0 aromatic heterocycles. The van der Waals surface area contributed by atoms with Crippen LogP contribution in [0.25, 0.3) is 0 Å². The minimum Gasteiger partial charge on any atom is -0.396 e. The molecule has 2 fully saturated rings. The highest BCUT2D eigenvalue weighted by Gasteiger charge is 2.35. The van der Waals surface area contributed by atoms with Gasteiger partial charge < -0.3 is 19.5 Å². The molecule has 0 bridgehead atoms. The molecule has 0 saturated carbocycles. The van der Waals surface area contributed by atoms with Crippen LogP contribution in [-0.4, -0.2) is 62.7 Å². The van der Waals surface area contributed by atoms with Crippen LogP contribution < -0.4 is 0 Å². The summed E-state index contributed by atoms with van der Waals surface area (Å²) in [5.41, 5.74) is -0.0383. The van der Waals surface area contributed by atoms with Gasteiger partial charge in [-0.25, -0.2) is 0 Å². The maximum absolute atomic E-state index is 9.53.